The summed E-state index contributed by atoms with van der Waals surface area (Å²) in [5.74, 6) is 2.33. The van der Waals surface area contributed by atoms with E-state index >= 15 is 0 Å². The third kappa shape index (κ3) is 2.28. The van der Waals surface area contributed by atoms with E-state index in [-0.39, 0.29) is 0 Å². The zero-order valence-corrected chi connectivity index (χ0v) is 12.2. The molecule has 1 aromatic rings. The molecule has 1 aromatic heterocycles. The standard InChI is InChI=1S/C14H23N3S/c1-9-5-6-17(8-10(9)2)14-16-13(11-3-4-11)12(7-15)18-14/h9-11H,3-8,15H2,1-2H3. The molecule has 2 fully saturated rings. The monoisotopic (exact) mass is 265 g/mol. The Bertz CT molecular complexity index is 425. The topological polar surface area (TPSA) is 42.2 Å². The molecule has 0 aromatic carbocycles. The van der Waals surface area contributed by atoms with E-state index in [4.69, 9.17) is 10.7 Å². The highest BCUT2D eigenvalue weighted by Crippen LogP contribution is 2.44. The number of hydrogen-bond donors (Lipinski definition) is 1. The van der Waals surface area contributed by atoms with Crippen LogP contribution in [0.15, 0.2) is 0 Å². The average Bonchev–Trinajstić information content (AvgIpc) is 3.12. The summed E-state index contributed by atoms with van der Waals surface area (Å²) in [7, 11) is 0. The first-order chi connectivity index (χ1) is 8.69. The van der Waals surface area contributed by atoms with Gasteiger partial charge in [0.2, 0.25) is 0 Å². The highest BCUT2D eigenvalue weighted by molar-refractivity contribution is 7.15. The van der Waals surface area contributed by atoms with Crippen LogP contribution in [-0.4, -0.2) is 18.1 Å². The lowest BCUT2D eigenvalue weighted by Crippen LogP contribution is -2.38. The normalized spacial score (nSPS) is 28.7. The summed E-state index contributed by atoms with van der Waals surface area (Å²) in [6.07, 6.45) is 3.91. The number of thiazole rings is 1. The minimum Gasteiger partial charge on any atom is -0.348 e. The van der Waals surface area contributed by atoms with Crippen molar-refractivity contribution in [3.05, 3.63) is 10.6 Å². The summed E-state index contributed by atoms with van der Waals surface area (Å²) >= 11 is 1.83. The Morgan fingerprint density at radius 3 is 2.67 bits per heavy atom. The second kappa shape index (κ2) is 4.82. The Morgan fingerprint density at radius 2 is 2.06 bits per heavy atom. The van der Waals surface area contributed by atoms with Crippen molar-refractivity contribution in [1.82, 2.24) is 4.98 Å². The van der Waals surface area contributed by atoms with Crippen LogP contribution in [0.2, 0.25) is 0 Å². The molecule has 18 heavy (non-hydrogen) atoms. The summed E-state index contributed by atoms with van der Waals surface area (Å²) in [6, 6.07) is 0. The van der Waals surface area contributed by atoms with E-state index in [0.717, 1.165) is 30.8 Å². The summed E-state index contributed by atoms with van der Waals surface area (Å²) < 4.78 is 0. The molecule has 3 rings (SSSR count). The zero-order valence-electron chi connectivity index (χ0n) is 11.4. The molecule has 2 aliphatic rings. The molecule has 2 heterocycles. The van der Waals surface area contributed by atoms with Gasteiger partial charge in [-0.2, -0.15) is 0 Å². The summed E-state index contributed by atoms with van der Waals surface area (Å²) in [5.41, 5.74) is 7.17. The van der Waals surface area contributed by atoms with Crippen LogP contribution in [0.5, 0.6) is 0 Å². The molecule has 1 saturated carbocycles. The molecule has 1 aliphatic carbocycles. The van der Waals surface area contributed by atoms with Crippen molar-refractivity contribution in [2.24, 2.45) is 17.6 Å². The maximum Gasteiger partial charge on any atom is 0.185 e. The SMILES string of the molecule is CC1CCN(c2nc(C3CC3)c(CN)s2)CC1C. The first-order valence-corrected chi connectivity index (χ1v) is 7.95. The lowest BCUT2D eigenvalue weighted by molar-refractivity contribution is 0.323. The van der Waals surface area contributed by atoms with E-state index in [1.165, 1.54) is 35.0 Å². The van der Waals surface area contributed by atoms with Crippen LogP contribution in [0, 0.1) is 11.8 Å². The zero-order chi connectivity index (χ0) is 12.7. The lowest BCUT2D eigenvalue weighted by Gasteiger charge is -2.35. The molecule has 2 atom stereocenters. The van der Waals surface area contributed by atoms with Crippen molar-refractivity contribution in [1.29, 1.82) is 0 Å². The number of aromatic nitrogens is 1. The Hall–Kier alpha value is -0.610. The number of hydrogen-bond acceptors (Lipinski definition) is 4. The third-order valence-electron chi connectivity index (χ3n) is 4.47. The van der Waals surface area contributed by atoms with Crippen molar-refractivity contribution in [2.75, 3.05) is 18.0 Å². The van der Waals surface area contributed by atoms with Crippen LogP contribution in [0.1, 0.15) is 49.6 Å². The van der Waals surface area contributed by atoms with Crippen LogP contribution in [-0.2, 0) is 6.54 Å². The Balaban J connectivity index is 1.79. The van der Waals surface area contributed by atoms with E-state index < -0.39 is 0 Å². The molecule has 100 valence electrons. The molecule has 2 unspecified atom stereocenters. The van der Waals surface area contributed by atoms with Gasteiger partial charge in [-0.1, -0.05) is 13.8 Å². The van der Waals surface area contributed by atoms with E-state index in [1.807, 2.05) is 11.3 Å². The molecule has 0 bridgehead atoms. The average molecular weight is 265 g/mol. The maximum atomic E-state index is 5.86. The van der Waals surface area contributed by atoms with Crippen molar-refractivity contribution in [2.45, 2.75) is 45.6 Å². The van der Waals surface area contributed by atoms with Gasteiger partial charge in [0.1, 0.15) is 0 Å². The smallest absolute Gasteiger partial charge is 0.185 e. The van der Waals surface area contributed by atoms with Gasteiger partial charge in [-0.05, 0) is 31.1 Å². The van der Waals surface area contributed by atoms with Crippen LogP contribution in [0.4, 0.5) is 5.13 Å². The van der Waals surface area contributed by atoms with Gasteiger partial charge in [-0.15, -0.1) is 11.3 Å². The van der Waals surface area contributed by atoms with Crippen molar-refractivity contribution in [3.63, 3.8) is 0 Å². The highest BCUT2D eigenvalue weighted by atomic mass is 32.1. The van der Waals surface area contributed by atoms with Crippen molar-refractivity contribution < 1.29 is 0 Å². The molecular weight excluding hydrogens is 242 g/mol. The molecular formula is C14H23N3S. The van der Waals surface area contributed by atoms with Gasteiger partial charge in [-0.3, -0.25) is 0 Å². The fourth-order valence-electron chi connectivity index (χ4n) is 2.74. The van der Waals surface area contributed by atoms with Gasteiger partial charge in [0.25, 0.3) is 0 Å². The van der Waals surface area contributed by atoms with Gasteiger partial charge in [0, 0.05) is 30.4 Å². The van der Waals surface area contributed by atoms with Gasteiger partial charge in [0.15, 0.2) is 5.13 Å². The number of anilines is 1. The van der Waals surface area contributed by atoms with Gasteiger partial charge >= 0.3 is 0 Å². The predicted molar refractivity (Wildman–Crippen MR) is 77.1 cm³/mol. The number of nitrogens with two attached hydrogens (primary N) is 1. The Morgan fingerprint density at radius 1 is 1.28 bits per heavy atom. The highest BCUT2D eigenvalue weighted by Gasteiger charge is 2.31. The number of rotatable bonds is 3. The van der Waals surface area contributed by atoms with Crippen molar-refractivity contribution >= 4 is 16.5 Å². The van der Waals surface area contributed by atoms with Crippen LogP contribution in [0.25, 0.3) is 0 Å². The first kappa shape index (κ1) is 12.4. The van der Waals surface area contributed by atoms with E-state index in [9.17, 15) is 0 Å². The lowest BCUT2D eigenvalue weighted by atomic mass is 9.89. The maximum absolute atomic E-state index is 5.86. The van der Waals surface area contributed by atoms with E-state index in [2.05, 4.69) is 18.7 Å². The van der Waals surface area contributed by atoms with Crippen LogP contribution in [0.3, 0.4) is 0 Å². The second-order valence-corrected chi connectivity index (χ2v) is 7.03. The minimum atomic E-state index is 0.656. The largest absolute Gasteiger partial charge is 0.348 e. The molecule has 3 nitrogen and oxygen atoms in total. The predicted octanol–water partition coefficient (Wildman–Crippen LogP) is 2.96. The Kier molecular flexibility index (Phi) is 3.32. The fraction of sp³-hybridized carbons (Fsp3) is 0.786. The number of nitrogens with zero attached hydrogens (tertiary/aromatic N) is 2. The second-order valence-electron chi connectivity index (χ2n) is 5.97. The molecule has 0 amide bonds. The van der Waals surface area contributed by atoms with Crippen molar-refractivity contribution in [3.8, 4) is 0 Å². The number of piperidine rings is 1. The van der Waals surface area contributed by atoms with Gasteiger partial charge in [-0.25, -0.2) is 4.98 Å². The quantitative estimate of drug-likeness (QED) is 0.913. The van der Waals surface area contributed by atoms with Crippen LogP contribution >= 0.6 is 11.3 Å². The van der Waals surface area contributed by atoms with Gasteiger partial charge < -0.3 is 10.6 Å². The van der Waals surface area contributed by atoms with Crippen LogP contribution < -0.4 is 10.6 Å². The molecule has 4 heteroatoms. The molecule has 2 N–H and O–H groups in total. The van der Waals surface area contributed by atoms with E-state index in [0.29, 0.717) is 6.54 Å². The molecule has 1 saturated heterocycles. The summed E-state index contributed by atoms with van der Waals surface area (Å²) in [6.45, 7) is 7.69. The fourth-order valence-corrected chi connectivity index (χ4v) is 3.80. The minimum absolute atomic E-state index is 0.656. The Labute approximate surface area is 113 Å². The summed E-state index contributed by atoms with van der Waals surface area (Å²) in [4.78, 5) is 8.68. The third-order valence-corrected chi connectivity index (χ3v) is 5.62. The van der Waals surface area contributed by atoms with E-state index in [1.54, 1.807) is 0 Å². The first-order valence-electron chi connectivity index (χ1n) is 7.13. The van der Waals surface area contributed by atoms with Gasteiger partial charge in [0.05, 0.1) is 5.69 Å². The molecule has 0 radical (unpaired) electrons. The molecule has 0 spiro atoms. The molecule has 1 aliphatic heterocycles. The summed E-state index contributed by atoms with van der Waals surface area (Å²) in [5, 5.41) is 1.22.